The number of aromatic nitrogens is 2. The lowest BCUT2D eigenvalue weighted by Gasteiger charge is -2.01. The molecule has 88 valence electrons. The smallest absolute Gasteiger partial charge is 0.185 e. The summed E-state index contributed by atoms with van der Waals surface area (Å²) in [5.41, 5.74) is -0.233. The fourth-order valence-electron chi connectivity index (χ4n) is 1.31. The lowest BCUT2D eigenvalue weighted by molar-refractivity contribution is 0.111. The Hall–Kier alpha value is -1.63. The first kappa shape index (κ1) is 11.8. The number of H-pyrrole nitrogens is 1. The van der Waals surface area contributed by atoms with Crippen LogP contribution in [0.1, 0.15) is 10.6 Å². The zero-order valence-corrected chi connectivity index (χ0v) is 9.69. The molecule has 0 unspecified atom stereocenters. The Morgan fingerprint density at radius 3 is 2.41 bits per heavy atom. The summed E-state index contributed by atoms with van der Waals surface area (Å²) in [5.74, 6) is -3.48. The summed E-state index contributed by atoms with van der Waals surface area (Å²) >= 11 is 3.01. The lowest BCUT2D eigenvalue weighted by atomic mass is 10.1. The van der Waals surface area contributed by atoms with E-state index in [0.717, 1.165) is 0 Å². The Balaban J connectivity index is 2.63. The number of hydrogen-bond acceptors (Lipinski definition) is 2. The summed E-state index contributed by atoms with van der Waals surface area (Å²) in [4.78, 5) is 16.7. The van der Waals surface area contributed by atoms with Crippen LogP contribution in [0.25, 0.3) is 11.3 Å². The number of carbonyl (C=O) groups is 1. The second-order valence-electron chi connectivity index (χ2n) is 3.15. The van der Waals surface area contributed by atoms with Crippen molar-refractivity contribution in [3.8, 4) is 11.3 Å². The number of nitrogens with zero attached hydrogens (tertiary/aromatic N) is 1. The van der Waals surface area contributed by atoms with Crippen LogP contribution in [0.4, 0.5) is 13.2 Å². The SMILES string of the molecule is O=Cc1nc(-c2cc(F)c(F)cc2F)c(Br)[nH]1. The van der Waals surface area contributed by atoms with Crippen LogP contribution >= 0.6 is 15.9 Å². The molecule has 0 aliphatic carbocycles. The number of rotatable bonds is 2. The Bertz CT molecular complexity index is 597. The first-order valence-corrected chi connectivity index (χ1v) is 5.18. The molecule has 0 saturated heterocycles. The monoisotopic (exact) mass is 304 g/mol. The standard InChI is InChI=1S/C10H4BrF3N2O/c11-10-9(15-8(3-17)16-10)4-1-6(13)7(14)2-5(4)12/h1-3H,(H,15,16). The minimum absolute atomic E-state index is 0.00324. The average molecular weight is 305 g/mol. The van der Waals surface area contributed by atoms with E-state index in [9.17, 15) is 18.0 Å². The molecule has 0 aliphatic heterocycles. The van der Waals surface area contributed by atoms with Crippen molar-refractivity contribution >= 4 is 22.2 Å². The summed E-state index contributed by atoms with van der Waals surface area (Å²) in [6.45, 7) is 0. The number of nitrogens with one attached hydrogen (secondary N) is 1. The summed E-state index contributed by atoms with van der Waals surface area (Å²) in [6.07, 6.45) is 0.423. The van der Waals surface area contributed by atoms with Gasteiger partial charge < -0.3 is 4.98 Å². The quantitative estimate of drug-likeness (QED) is 0.684. The van der Waals surface area contributed by atoms with E-state index >= 15 is 0 Å². The maximum atomic E-state index is 13.4. The summed E-state index contributed by atoms with van der Waals surface area (Å²) in [5, 5.41) is 0. The predicted molar refractivity (Wildman–Crippen MR) is 57.0 cm³/mol. The summed E-state index contributed by atoms with van der Waals surface area (Å²) in [7, 11) is 0. The number of halogens is 4. The first-order chi connectivity index (χ1) is 8.02. The number of aldehydes is 1. The molecule has 1 heterocycles. The van der Waals surface area contributed by atoms with Crippen molar-refractivity contribution in [2.24, 2.45) is 0 Å². The van der Waals surface area contributed by atoms with Gasteiger partial charge in [0.05, 0.1) is 0 Å². The van der Waals surface area contributed by atoms with Crippen LogP contribution in [0.5, 0.6) is 0 Å². The Morgan fingerprint density at radius 2 is 1.82 bits per heavy atom. The van der Waals surface area contributed by atoms with Crippen LogP contribution in [0.15, 0.2) is 16.7 Å². The molecule has 0 spiro atoms. The van der Waals surface area contributed by atoms with Gasteiger partial charge in [-0.1, -0.05) is 0 Å². The van der Waals surface area contributed by atoms with Crippen LogP contribution < -0.4 is 0 Å². The zero-order chi connectivity index (χ0) is 12.6. The molecule has 0 atom stereocenters. The van der Waals surface area contributed by atoms with Crippen molar-refractivity contribution in [1.29, 1.82) is 0 Å². The third kappa shape index (κ3) is 2.10. The van der Waals surface area contributed by atoms with Gasteiger partial charge in [0.2, 0.25) is 0 Å². The highest BCUT2D eigenvalue weighted by atomic mass is 79.9. The molecule has 3 nitrogen and oxygen atoms in total. The second-order valence-corrected chi connectivity index (χ2v) is 3.94. The van der Waals surface area contributed by atoms with E-state index < -0.39 is 17.5 Å². The van der Waals surface area contributed by atoms with Gasteiger partial charge in [0, 0.05) is 11.6 Å². The van der Waals surface area contributed by atoms with Crippen LogP contribution in [0, 0.1) is 17.5 Å². The Kier molecular flexibility index (Phi) is 3.01. The van der Waals surface area contributed by atoms with Crippen molar-refractivity contribution in [2.45, 2.75) is 0 Å². The predicted octanol–water partition coefficient (Wildman–Crippen LogP) is 3.07. The Morgan fingerprint density at radius 1 is 1.18 bits per heavy atom. The van der Waals surface area contributed by atoms with Crippen molar-refractivity contribution in [3.05, 3.63) is 40.0 Å². The topological polar surface area (TPSA) is 45.8 Å². The van der Waals surface area contributed by atoms with Crippen LogP contribution in [-0.2, 0) is 0 Å². The van der Waals surface area contributed by atoms with Gasteiger partial charge in [-0.05, 0) is 22.0 Å². The van der Waals surface area contributed by atoms with E-state index in [-0.39, 0.29) is 21.7 Å². The fourth-order valence-corrected chi connectivity index (χ4v) is 1.81. The molecule has 0 saturated carbocycles. The zero-order valence-electron chi connectivity index (χ0n) is 8.10. The van der Waals surface area contributed by atoms with E-state index in [1.807, 2.05) is 0 Å². The van der Waals surface area contributed by atoms with Gasteiger partial charge in [-0.2, -0.15) is 0 Å². The van der Waals surface area contributed by atoms with Gasteiger partial charge >= 0.3 is 0 Å². The summed E-state index contributed by atoms with van der Waals surface area (Å²) < 4.78 is 39.4. The normalized spacial score (nSPS) is 10.6. The molecule has 1 N–H and O–H groups in total. The second kappa shape index (κ2) is 4.33. The third-order valence-electron chi connectivity index (χ3n) is 2.05. The van der Waals surface area contributed by atoms with E-state index in [0.29, 0.717) is 18.4 Å². The molecule has 1 aromatic carbocycles. The molecule has 0 radical (unpaired) electrons. The van der Waals surface area contributed by atoms with Gasteiger partial charge in [0.25, 0.3) is 0 Å². The van der Waals surface area contributed by atoms with Crippen LogP contribution in [0.3, 0.4) is 0 Å². The molecular weight excluding hydrogens is 301 g/mol. The van der Waals surface area contributed by atoms with Crippen molar-refractivity contribution in [1.82, 2.24) is 9.97 Å². The van der Waals surface area contributed by atoms with Gasteiger partial charge in [-0.15, -0.1) is 0 Å². The number of aromatic amines is 1. The lowest BCUT2D eigenvalue weighted by Crippen LogP contribution is -1.92. The molecule has 0 amide bonds. The first-order valence-electron chi connectivity index (χ1n) is 4.38. The number of carbonyl (C=O) groups excluding carboxylic acids is 1. The fraction of sp³-hybridized carbons (Fsp3) is 0. The van der Waals surface area contributed by atoms with E-state index in [2.05, 4.69) is 25.9 Å². The molecule has 7 heteroatoms. The van der Waals surface area contributed by atoms with Gasteiger partial charge in [-0.3, -0.25) is 4.79 Å². The number of benzene rings is 1. The number of imidazole rings is 1. The third-order valence-corrected chi connectivity index (χ3v) is 2.63. The molecular formula is C10H4BrF3N2O. The molecule has 0 fully saturated rings. The van der Waals surface area contributed by atoms with E-state index in [1.165, 1.54) is 0 Å². The van der Waals surface area contributed by atoms with Gasteiger partial charge in [-0.25, -0.2) is 18.2 Å². The van der Waals surface area contributed by atoms with Crippen molar-refractivity contribution < 1.29 is 18.0 Å². The largest absolute Gasteiger partial charge is 0.330 e. The van der Waals surface area contributed by atoms with E-state index in [4.69, 9.17) is 0 Å². The minimum Gasteiger partial charge on any atom is -0.330 e. The highest BCUT2D eigenvalue weighted by molar-refractivity contribution is 9.10. The maximum Gasteiger partial charge on any atom is 0.185 e. The molecule has 0 bridgehead atoms. The van der Waals surface area contributed by atoms with Crippen molar-refractivity contribution in [3.63, 3.8) is 0 Å². The van der Waals surface area contributed by atoms with Gasteiger partial charge in [0.1, 0.15) is 16.1 Å². The van der Waals surface area contributed by atoms with Crippen LogP contribution in [0.2, 0.25) is 0 Å². The molecule has 2 rings (SSSR count). The maximum absolute atomic E-state index is 13.4. The van der Waals surface area contributed by atoms with E-state index in [1.54, 1.807) is 0 Å². The molecule has 0 aliphatic rings. The highest BCUT2D eigenvalue weighted by Crippen LogP contribution is 2.29. The molecule has 17 heavy (non-hydrogen) atoms. The van der Waals surface area contributed by atoms with Crippen LogP contribution in [-0.4, -0.2) is 16.3 Å². The van der Waals surface area contributed by atoms with Gasteiger partial charge in [0.15, 0.2) is 23.7 Å². The number of hydrogen-bond donors (Lipinski definition) is 1. The summed E-state index contributed by atoms with van der Waals surface area (Å²) in [6, 6.07) is 1.10. The molecule has 1 aromatic heterocycles. The minimum atomic E-state index is -1.28. The van der Waals surface area contributed by atoms with Crippen molar-refractivity contribution in [2.75, 3.05) is 0 Å². The Labute approximate surface area is 102 Å². The highest BCUT2D eigenvalue weighted by Gasteiger charge is 2.17. The average Bonchev–Trinajstić information content (AvgIpc) is 2.65. The molecule has 2 aromatic rings.